The highest BCUT2D eigenvalue weighted by molar-refractivity contribution is 5.77. The Morgan fingerprint density at radius 2 is 1.96 bits per heavy atom. The number of alkyl halides is 3. The summed E-state index contributed by atoms with van der Waals surface area (Å²) in [7, 11) is 0. The fourth-order valence-electron chi connectivity index (χ4n) is 2.94. The summed E-state index contributed by atoms with van der Waals surface area (Å²) < 4.78 is 44.4. The number of amides is 2. The highest BCUT2D eigenvalue weighted by Crippen LogP contribution is 2.37. The van der Waals surface area contributed by atoms with Gasteiger partial charge in [-0.05, 0) is 11.5 Å². The standard InChI is InChI=1S/C18H23F3N2O4/c1-12(10-27-11-13-5-3-2-4-6-13)7-22-17(26)23-8-14(16(24)25)15(9-23)18(19,20)21/h2-6,12,14-15H,7-11H2,1H3,(H,22,26)(H,24,25)/t12?,14-,15-/m1/s1. The molecule has 1 aromatic carbocycles. The summed E-state index contributed by atoms with van der Waals surface area (Å²) in [6.07, 6.45) is -4.66. The third-order valence-corrected chi connectivity index (χ3v) is 4.46. The second-order valence-electron chi connectivity index (χ2n) is 6.79. The zero-order chi connectivity index (χ0) is 20.0. The van der Waals surface area contributed by atoms with Crippen LogP contribution in [0.3, 0.4) is 0 Å². The third kappa shape index (κ3) is 6.13. The summed E-state index contributed by atoms with van der Waals surface area (Å²) in [5, 5.41) is 11.5. The van der Waals surface area contributed by atoms with Crippen molar-refractivity contribution in [3.63, 3.8) is 0 Å². The molecular weight excluding hydrogens is 365 g/mol. The van der Waals surface area contributed by atoms with Gasteiger partial charge in [0.2, 0.25) is 0 Å². The first-order chi connectivity index (χ1) is 12.7. The number of hydrogen-bond donors (Lipinski definition) is 2. The van der Waals surface area contributed by atoms with Crippen LogP contribution in [0.15, 0.2) is 30.3 Å². The van der Waals surface area contributed by atoms with Crippen molar-refractivity contribution in [2.24, 2.45) is 17.8 Å². The van der Waals surface area contributed by atoms with Crippen molar-refractivity contribution in [1.82, 2.24) is 10.2 Å². The Morgan fingerprint density at radius 1 is 1.30 bits per heavy atom. The van der Waals surface area contributed by atoms with E-state index in [1.807, 2.05) is 37.3 Å². The first-order valence-corrected chi connectivity index (χ1v) is 8.62. The molecule has 0 spiro atoms. The fourth-order valence-corrected chi connectivity index (χ4v) is 2.94. The van der Waals surface area contributed by atoms with E-state index in [9.17, 15) is 22.8 Å². The average molecular weight is 388 g/mol. The minimum Gasteiger partial charge on any atom is -0.481 e. The lowest BCUT2D eigenvalue weighted by Crippen LogP contribution is -2.41. The fraction of sp³-hybridized carbons (Fsp3) is 0.556. The van der Waals surface area contributed by atoms with Gasteiger partial charge in [-0.2, -0.15) is 13.2 Å². The summed E-state index contributed by atoms with van der Waals surface area (Å²) in [4.78, 5) is 24.1. The predicted molar refractivity (Wildman–Crippen MR) is 90.9 cm³/mol. The van der Waals surface area contributed by atoms with Gasteiger partial charge in [0.15, 0.2) is 0 Å². The van der Waals surface area contributed by atoms with Crippen molar-refractivity contribution in [3.8, 4) is 0 Å². The zero-order valence-corrected chi connectivity index (χ0v) is 14.9. The maximum atomic E-state index is 13.0. The number of hydrogen-bond acceptors (Lipinski definition) is 3. The van der Waals surface area contributed by atoms with E-state index in [1.54, 1.807) is 0 Å². The van der Waals surface area contributed by atoms with E-state index in [-0.39, 0.29) is 12.5 Å². The number of carbonyl (C=O) groups excluding carboxylic acids is 1. The van der Waals surface area contributed by atoms with Gasteiger partial charge in [-0.1, -0.05) is 37.3 Å². The number of carboxylic acids is 1. The van der Waals surface area contributed by atoms with Crippen LogP contribution in [0.25, 0.3) is 0 Å². The molecule has 1 aromatic rings. The topological polar surface area (TPSA) is 78.9 Å². The molecule has 0 bridgehead atoms. The van der Waals surface area contributed by atoms with Gasteiger partial charge in [0.1, 0.15) is 0 Å². The number of rotatable bonds is 7. The first kappa shape index (κ1) is 21.0. The molecule has 3 atom stereocenters. The van der Waals surface area contributed by atoms with E-state index in [4.69, 9.17) is 9.84 Å². The van der Waals surface area contributed by atoms with Crippen molar-refractivity contribution >= 4 is 12.0 Å². The number of benzene rings is 1. The van der Waals surface area contributed by atoms with Crippen molar-refractivity contribution in [1.29, 1.82) is 0 Å². The maximum absolute atomic E-state index is 13.0. The van der Waals surface area contributed by atoms with Crippen LogP contribution in [-0.2, 0) is 16.1 Å². The molecule has 2 rings (SSSR count). The van der Waals surface area contributed by atoms with Crippen molar-refractivity contribution in [2.75, 3.05) is 26.2 Å². The SMILES string of the molecule is CC(CNC(=O)N1C[C@@H](C(F)(F)F)[C@H](C(=O)O)C1)COCc1ccccc1. The lowest BCUT2D eigenvalue weighted by molar-refractivity contribution is -0.187. The van der Waals surface area contributed by atoms with Gasteiger partial charge < -0.3 is 20.1 Å². The van der Waals surface area contributed by atoms with E-state index in [1.165, 1.54) is 0 Å². The monoisotopic (exact) mass is 388 g/mol. The summed E-state index contributed by atoms with van der Waals surface area (Å²) in [5.41, 5.74) is 1.02. The number of likely N-dealkylation sites (tertiary alicyclic amines) is 1. The number of aliphatic carboxylic acids is 1. The highest BCUT2D eigenvalue weighted by atomic mass is 19.4. The van der Waals surface area contributed by atoms with Crippen LogP contribution in [0.4, 0.5) is 18.0 Å². The van der Waals surface area contributed by atoms with Gasteiger partial charge in [0, 0.05) is 19.6 Å². The molecule has 1 heterocycles. The predicted octanol–water partition coefficient (Wildman–Crippen LogP) is 2.74. The quantitative estimate of drug-likeness (QED) is 0.753. The highest BCUT2D eigenvalue weighted by Gasteiger charge is 2.53. The Labute approximate surface area is 155 Å². The number of nitrogens with one attached hydrogen (secondary N) is 1. The van der Waals surface area contributed by atoms with Crippen LogP contribution >= 0.6 is 0 Å². The van der Waals surface area contributed by atoms with Gasteiger partial charge in [0.05, 0.1) is 25.0 Å². The van der Waals surface area contributed by atoms with Crippen molar-refractivity contribution in [3.05, 3.63) is 35.9 Å². The molecule has 27 heavy (non-hydrogen) atoms. The maximum Gasteiger partial charge on any atom is 0.394 e. The smallest absolute Gasteiger partial charge is 0.394 e. The van der Waals surface area contributed by atoms with Crippen LogP contribution in [0.2, 0.25) is 0 Å². The molecular formula is C18H23F3N2O4. The first-order valence-electron chi connectivity index (χ1n) is 8.62. The molecule has 2 N–H and O–H groups in total. The Morgan fingerprint density at radius 3 is 2.52 bits per heavy atom. The zero-order valence-electron chi connectivity index (χ0n) is 14.9. The van der Waals surface area contributed by atoms with Crippen molar-refractivity contribution < 1.29 is 32.6 Å². The second kappa shape index (κ2) is 9.07. The van der Waals surface area contributed by atoms with Gasteiger partial charge >= 0.3 is 18.2 Å². The number of halogens is 3. The molecule has 0 radical (unpaired) electrons. The molecule has 2 amide bonds. The van der Waals surface area contributed by atoms with Gasteiger partial charge in [-0.25, -0.2) is 4.79 Å². The van der Waals surface area contributed by atoms with E-state index in [0.29, 0.717) is 13.2 Å². The third-order valence-electron chi connectivity index (χ3n) is 4.46. The summed E-state index contributed by atoms with van der Waals surface area (Å²) in [6.45, 7) is 1.76. The molecule has 6 nitrogen and oxygen atoms in total. The minimum absolute atomic E-state index is 0.0473. The molecule has 150 valence electrons. The minimum atomic E-state index is -4.66. The average Bonchev–Trinajstić information content (AvgIpc) is 3.07. The molecule has 0 aliphatic carbocycles. The Bertz CT molecular complexity index is 639. The summed E-state index contributed by atoms with van der Waals surface area (Å²) in [5.74, 6) is -5.28. The molecule has 9 heteroatoms. The Balaban J connectivity index is 1.75. The molecule has 1 saturated heterocycles. The van der Waals surface area contributed by atoms with Crippen LogP contribution in [0.5, 0.6) is 0 Å². The van der Waals surface area contributed by atoms with E-state index >= 15 is 0 Å². The van der Waals surface area contributed by atoms with Crippen LogP contribution in [-0.4, -0.2) is 54.4 Å². The van der Waals surface area contributed by atoms with Crippen LogP contribution in [0, 0.1) is 17.8 Å². The number of carboxylic acid groups (broad SMARTS) is 1. The Hall–Kier alpha value is -2.29. The number of carbonyl (C=O) groups is 2. The molecule has 0 saturated carbocycles. The lowest BCUT2D eigenvalue weighted by atomic mass is 9.96. The van der Waals surface area contributed by atoms with Gasteiger partial charge in [-0.15, -0.1) is 0 Å². The Kier molecular flexibility index (Phi) is 7.06. The van der Waals surface area contributed by atoms with Crippen LogP contribution in [0.1, 0.15) is 12.5 Å². The number of ether oxygens (including phenoxy) is 1. The molecule has 1 fully saturated rings. The summed E-state index contributed by atoms with van der Waals surface area (Å²) in [6, 6.07) is 8.86. The number of nitrogens with zero attached hydrogens (tertiary/aromatic N) is 1. The van der Waals surface area contributed by atoms with E-state index < -0.39 is 43.1 Å². The molecule has 0 aromatic heterocycles. The largest absolute Gasteiger partial charge is 0.481 e. The van der Waals surface area contributed by atoms with Crippen LogP contribution < -0.4 is 5.32 Å². The van der Waals surface area contributed by atoms with E-state index in [2.05, 4.69) is 5.32 Å². The number of urea groups is 1. The second-order valence-corrected chi connectivity index (χ2v) is 6.79. The van der Waals surface area contributed by atoms with Gasteiger partial charge in [0.25, 0.3) is 0 Å². The summed E-state index contributed by atoms with van der Waals surface area (Å²) >= 11 is 0. The molecule has 1 aliphatic rings. The normalized spacial score (nSPS) is 21.1. The van der Waals surface area contributed by atoms with Crippen molar-refractivity contribution in [2.45, 2.75) is 19.7 Å². The molecule has 1 unspecified atom stereocenters. The lowest BCUT2D eigenvalue weighted by Gasteiger charge is -2.20. The van der Waals surface area contributed by atoms with Gasteiger partial charge in [-0.3, -0.25) is 4.79 Å². The van der Waals surface area contributed by atoms with E-state index in [0.717, 1.165) is 10.5 Å². The molecule has 1 aliphatic heterocycles.